The SMILES string of the molecule is CCNCC1(CN(CCCO)C2CCC2)CCOCC1. The fourth-order valence-electron chi connectivity index (χ4n) is 3.43. The van der Waals surface area contributed by atoms with Gasteiger partial charge in [0.15, 0.2) is 0 Å². The highest BCUT2D eigenvalue weighted by Crippen LogP contribution is 2.34. The zero-order chi connectivity index (χ0) is 14.3. The molecular weight excluding hydrogens is 252 g/mol. The van der Waals surface area contributed by atoms with Crippen LogP contribution in [0, 0.1) is 5.41 Å². The van der Waals surface area contributed by atoms with Gasteiger partial charge in [0.1, 0.15) is 0 Å². The first kappa shape index (κ1) is 16.2. The number of aliphatic hydroxyl groups is 1. The molecule has 0 radical (unpaired) electrons. The average molecular weight is 284 g/mol. The van der Waals surface area contributed by atoms with Gasteiger partial charge in [0.2, 0.25) is 0 Å². The normalized spacial score (nSPS) is 22.9. The Kier molecular flexibility index (Phi) is 6.75. The Morgan fingerprint density at radius 2 is 2.05 bits per heavy atom. The van der Waals surface area contributed by atoms with Gasteiger partial charge in [0.05, 0.1) is 0 Å². The molecule has 0 aromatic rings. The van der Waals surface area contributed by atoms with E-state index in [0.717, 1.165) is 45.3 Å². The van der Waals surface area contributed by atoms with E-state index in [1.54, 1.807) is 0 Å². The Labute approximate surface area is 123 Å². The molecule has 1 saturated heterocycles. The van der Waals surface area contributed by atoms with Crippen LogP contribution in [-0.2, 0) is 4.74 Å². The maximum Gasteiger partial charge on any atom is 0.0472 e. The van der Waals surface area contributed by atoms with Crippen LogP contribution in [0.2, 0.25) is 0 Å². The molecule has 0 amide bonds. The topological polar surface area (TPSA) is 44.7 Å². The van der Waals surface area contributed by atoms with Gasteiger partial charge in [-0.3, -0.25) is 4.90 Å². The van der Waals surface area contributed by atoms with Crippen LogP contribution in [0.25, 0.3) is 0 Å². The molecule has 1 heterocycles. The third-order valence-electron chi connectivity index (χ3n) is 5.04. The molecule has 2 rings (SSSR count). The number of nitrogens with one attached hydrogen (secondary N) is 1. The molecule has 4 nitrogen and oxygen atoms in total. The molecule has 0 spiro atoms. The van der Waals surface area contributed by atoms with E-state index in [1.807, 2.05) is 0 Å². The molecule has 1 aliphatic heterocycles. The van der Waals surface area contributed by atoms with Gasteiger partial charge in [-0.1, -0.05) is 13.3 Å². The van der Waals surface area contributed by atoms with Crippen molar-refractivity contribution in [1.29, 1.82) is 0 Å². The summed E-state index contributed by atoms with van der Waals surface area (Å²) in [6.45, 7) is 8.69. The maximum atomic E-state index is 9.14. The molecule has 4 heteroatoms. The summed E-state index contributed by atoms with van der Waals surface area (Å²) in [6.07, 6.45) is 7.32. The standard InChI is InChI=1S/C16H32N2O2/c1-2-17-13-16(7-11-20-12-8-16)14-18(9-4-10-19)15-5-3-6-15/h15,17,19H,2-14H2,1H3. The first-order valence-electron chi connectivity index (χ1n) is 8.43. The minimum Gasteiger partial charge on any atom is -0.396 e. The molecule has 2 fully saturated rings. The zero-order valence-electron chi connectivity index (χ0n) is 13.1. The van der Waals surface area contributed by atoms with Gasteiger partial charge in [-0.05, 0) is 44.1 Å². The Morgan fingerprint density at radius 3 is 2.60 bits per heavy atom. The number of aliphatic hydroxyl groups excluding tert-OH is 1. The van der Waals surface area contributed by atoms with Crippen LogP contribution >= 0.6 is 0 Å². The van der Waals surface area contributed by atoms with Gasteiger partial charge in [0, 0.05) is 45.5 Å². The number of ether oxygens (including phenoxy) is 1. The van der Waals surface area contributed by atoms with Crippen LogP contribution in [0.15, 0.2) is 0 Å². The second-order valence-corrected chi connectivity index (χ2v) is 6.53. The lowest BCUT2D eigenvalue weighted by Crippen LogP contribution is -2.52. The second kappa shape index (κ2) is 8.32. The molecule has 2 aliphatic rings. The highest BCUT2D eigenvalue weighted by molar-refractivity contribution is 4.90. The Bertz CT molecular complexity index is 263. The molecule has 2 N–H and O–H groups in total. The van der Waals surface area contributed by atoms with Crippen molar-refractivity contribution < 1.29 is 9.84 Å². The van der Waals surface area contributed by atoms with Crippen LogP contribution in [0.5, 0.6) is 0 Å². The number of hydrogen-bond acceptors (Lipinski definition) is 4. The summed E-state index contributed by atoms with van der Waals surface area (Å²) >= 11 is 0. The van der Waals surface area contributed by atoms with Crippen molar-refractivity contribution >= 4 is 0 Å². The summed E-state index contributed by atoms with van der Waals surface area (Å²) in [5, 5.41) is 12.7. The molecule has 0 atom stereocenters. The number of nitrogens with zero attached hydrogens (tertiary/aromatic N) is 1. The lowest BCUT2D eigenvalue weighted by atomic mass is 9.78. The lowest BCUT2D eigenvalue weighted by molar-refractivity contribution is -0.0207. The Morgan fingerprint density at radius 1 is 1.30 bits per heavy atom. The summed E-state index contributed by atoms with van der Waals surface area (Å²) in [7, 11) is 0. The van der Waals surface area contributed by atoms with Gasteiger partial charge < -0.3 is 15.2 Å². The summed E-state index contributed by atoms with van der Waals surface area (Å²) < 4.78 is 5.58. The van der Waals surface area contributed by atoms with E-state index in [9.17, 15) is 0 Å². The van der Waals surface area contributed by atoms with Crippen molar-refractivity contribution in [1.82, 2.24) is 10.2 Å². The van der Waals surface area contributed by atoms with Crippen LogP contribution in [0.3, 0.4) is 0 Å². The van der Waals surface area contributed by atoms with Crippen molar-refractivity contribution in [2.24, 2.45) is 5.41 Å². The van der Waals surface area contributed by atoms with Gasteiger partial charge in [-0.2, -0.15) is 0 Å². The highest BCUT2D eigenvalue weighted by Gasteiger charge is 2.36. The van der Waals surface area contributed by atoms with Crippen molar-refractivity contribution in [3.8, 4) is 0 Å². The van der Waals surface area contributed by atoms with Crippen molar-refractivity contribution in [2.75, 3.05) is 46.0 Å². The number of rotatable bonds is 9. The summed E-state index contributed by atoms with van der Waals surface area (Å²) in [6, 6.07) is 0.767. The summed E-state index contributed by atoms with van der Waals surface area (Å²) in [5.41, 5.74) is 0.374. The third kappa shape index (κ3) is 4.42. The smallest absolute Gasteiger partial charge is 0.0472 e. The van der Waals surface area contributed by atoms with Crippen LogP contribution in [-0.4, -0.2) is 62.0 Å². The largest absolute Gasteiger partial charge is 0.396 e. The average Bonchev–Trinajstić information content (AvgIpc) is 2.42. The van der Waals surface area contributed by atoms with E-state index < -0.39 is 0 Å². The lowest BCUT2D eigenvalue weighted by Gasteiger charge is -2.46. The van der Waals surface area contributed by atoms with E-state index in [4.69, 9.17) is 9.84 Å². The molecule has 1 aliphatic carbocycles. The molecule has 118 valence electrons. The summed E-state index contributed by atoms with van der Waals surface area (Å²) in [5.74, 6) is 0. The first-order chi connectivity index (χ1) is 9.79. The fourth-order valence-corrected chi connectivity index (χ4v) is 3.43. The van der Waals surface area contributed by atoms with Gasteiger partial charge in [-0.25, -0.2) is 0 Å². The van der Waals surface area contributed by atoms with Crippen LogP contribution < -0.4 is 5.32 Å². The molecule has 1 saturated carbocycles. The highest BCUT2D eigenvalue weighted by atomic mass is 16.5. The minimum absolute atomic E-state index is 0.312. The van der Waals surface area contributed by atoms with Crippen LogP contribution in [0.4, 0.5) is 0 Å². The van der Waals surface area contributed by atoms with Crippen LogP contribution in [0.1, 0.15) is 45.4 Å². The zero-order valence-corrected chi connectivity index (χ0v) is 13.1. The van der Waals surface area contributed by atoms with E-state index in [0.29, 0.717) is 12.0 Å². The molecule has 20 heavy (non-hydrogen) atoms. The van der Waals surface area contributed by atoms with Gasteiger partial charge in [0.25, 0.3) is 0 Å². The van der Waals surface area contributed by atoms with Gasteiger partial charge >= 0.3 is 0 Å². The Balaban J connectivity index is 1.94. The maximum absolute atomic E-state index is 9.14. The van der Waals surface area contributed by atoms with E-state index in [2.05, 4.69) is 17.1 Å². The molecular formula is C16H32N2O2. The molecule has 0 aromatic heterocycles. The summed E-state index contributed by atoms with van der Waals surface area (Å²) in [4.78, 5) is 2.66. The van der Waals surface area contributed by atoms with Crippen molar-refractivity contribution in [3.05, 3.63) is 0 Å². The molecule has 0 aromatic carbocycles. The predicted molar refractivity (Wildman–Crippen MR) is 81.9 cm³/mol. The monoisotopic (exact) mass is 284 g/mol. The fraction of sp³-hybridized carbons (Fsp3) is 1.00. The number of hydrogen-bond donors (Lipinski definition) is 2. The molecule has 0 bridgehead atoms. The first-order valence-corrected chi connectivity index (χ1v) is 8.43. The second-order valence-electron chi connectivity index (χ2n) is 6.53. The molecule has 0 unspecified atom stereocenters. The van der Waals surface area contributed by atoms with Gasteiger partial charge in [-0.15, -0.1) is 0 Å². The third-order valence-corrected chi connectivity index (χ3v) is 5.04. The minimum atomic E-state index is 0.312. The Hall–Kier alpha value is -0.160. The predicted octanol–water partition coefficient (Wildman–Crippen LogP) is 1.63. The van der Waals surface area contributed by atoms with Crippen molar-refractivity contribution in [3.63, 3.8) is 0 Å². The van der Waals surface area contributed by atoms with Crippen molar-refractivity contribution in [2.45, 2.75) is 51.5 Å². The van der Waals surface area contributed by atoms with E-state index in [-0.39, 0.29) is 0 Å². The van der Waals surface area contributed by atoms with E-state index >= 15 is 0 Å². The van der Waals surface area contributed by atoms with E-state index in [1.165, 1.54) is 38.6 Å². The quantitative estimate of drug-likeness (QED) is 0.675.